The van der Waals surface area contributed by atoms with Gasteiger partial charge in [0.2, 0.25) is 5.75 Å². The number of thiazole rings is 1. The van der Waals surface area contributed by atoms with Crippen LogP contribution in [0.25, 0.3) is 10.2 Å². The van der Waals surface area contributed by atoms with Crippen molar-refractivity contribution in [2.24, 2.45) is 0 Å². The molecule has 0 saturated carbocycles. The maximum absolute atomic E-state index is 13.0. The largest absolute Gasteiger partial charge is 0.497 e. The molecule has 1 aromatic heterocycles. The van der Waals surface area contributed by atoms with Gasteiger partial charge in [0.15, 0.2) is 16.6 Å². The van der Waals surface area contributed by atoms with Gasteiger partial charge in [-0.05, 0) is 39.0 Å². The number of fused-ring (bicyclic) bond motifs is 1. The van der Waals surface area contributed by atoms with Gasteiger partial charge in [-0.25, -0.2) is 4.98 Å². The number of carbonyl (C=O) groups excluding carboxylic acids is 1. The Morgan fingerprint density at radius 3 is 2.10 bits per heavy atom. The van der Waals surface area contributed by atoms with Gasteiger partial charge in [0.05, 0.1) is 38.7 Å². The fraction of sp³-hybridized carbons (Fsp3) is 0.364. The summed E-state index contributed by atoms with van der Waals surface area (Å²) >= 11 is 1.33. The molecule has 0 bridgehead atoms. The second-order valence-electron chi connectivity index (χ2n) is 6.25. The van der Waals surface area contributed by atoms with E-state index in [4.69, 9.17) is 23.7 Å². The molecule has 3 rings (SSSR count). The molecule has 2 aromatic carbocycles. The van der Waals surface area contributed by atoms with E-state index >= 15 is 0 Å². The number of benzene rings is 2. The molecule has 31 heavy (non-hydrogen) atoms. The molecule has 1 N–H and O–H groups in total. The van der Waals surface area contributed by atoms with Crippen molar-refractivity contribution in [2.75, 3.05) is 39.4 Å². The first-order valence-corrected chi connectivity index (χ1v) is 10.8. The number of nitrogens with one attached hydrogen (secondary N) is 1. The van der Waals surface area contributed by atoms with Crippen LogP contribution in [-0.4, -0.2) is 44.9 Å². The van der Waals surface area contributed by atoms with Gasteiger partial charge < -0.3 is 23.7 Å². The molecule has 166 valence electrons. The molecule has 3 aromatic rings. The summed E-state index contributed by atoms with van der Waals surface area (Å²) in [7, 11) is 3.15. The normalized spacial score (nSPS) is 10.6. The van der Waals surface area contributed by atoms with E-state index < -0.39 is 0 Å². The van der Waals surface area contributed by atoms with E-state index in [0.29, 0.717) is 64.8 Å². The van der Waals surface area contributed by atoms with Crippen LogP contribution in [0.3, 0.4) is 0 Å². The first kappa shape index (κ1) is 22.5. The van der Waals surface area contributed by atoms with Crippen LogP contribution in [0.1, 0.15) is 31.1 Å². The van der Waals surface area contributed by atoms with Gasteiger partial charge in [-0.15, -0.1) is 0 Å². The Bertz CT molecular complexity index is 1040. The molecule has 0 unspecified atom stereocenters. The van der Waals surface area contributed by atoms with Crippen molar-refractivity contribution in [1.82, 2.24) is 4.98 Å². The summed E-state index contributed by atoms with van der Waals surface area (Å²) in [5.74, 6) is 2.28. The third-order valence-corrected chi connectivity index (χ3v) is 5.20. The number of hydrogen-bond donors (Lipinski definition) is 1. The van der Waals surface area contributed by atoms with Crippen molar-refractivity contribution in [3.05, 3.63) is 29.8 Å². The zero-order valence-electron chi connectivity index (χ0n) is 18.2. The summed E-state index contributed by atoms with van der Waals surface area (Å²) < 4.78 is 28.6. The van der Waals surface area contributed by atoms with E-state index in [1.54, 1.807) is 32.4 Å². The Morgan fingerprint density at radius 1 is 0.903 bits per heavy atom. The summed E-state index contributed by atoms with van der Waals surface area (Å²) in [4.78, 5) is 17.5. The molecule has 1 heterocycles. The highest BCUT2D eigenvalue weighted by Gasteiger charge is 2.20. The van der Waals surface area contributed by atoms with Crippen LogP contribution in [0.15, 0.2) is 24.3 Å². The molecule has 0 aliphatic carbocycles. The lowest BCUT2D eigenvalue weighted by molar-refractivity contribution is 0.102. The average molecular weight is 447 g/mol. The quantitative estimate of drug-likeness (QED) is 0.480. The van der Waals surface area contributed by atoms with Crippen molar-refractivity contribution in [3.63, 3.8) is 0 Å². The minimum absolute atomic E-state index is 0.338. The minimum Gasteiger partial charge on any atom is -0.497 e. The highest BCUT2D eigenvalue weighted by atomic mass is 32.1. The number of amides is 1. The monoisotopic (exact) mass is 446 g/mol. The summed E-state index contributed by atoms with van der Waals surface area (Å²) in [6.45, 7) is 6.91. The molecule has 0 aliphatic rings. The number of rotatable bonds is 10. The zero-order chi connectivity index (χ0) is 22.4. The second kappa shape index (κ2) is 10.2. The van der Waals surface area contributed by atoms with Gasteiger partial charge in [-0.3, -0.25) is 10.1 Å². The number of anilines is 1. The standard InChI is InChI=1S/C22H26N2O6S/c1-6-28-16-9-13(10-17(29-7-2)20(16)30-8-3)21(25)24-22-23-19-15(27-5)11-14(26-4)12-18(19)31-22/h9-12H,6-8H2,1-5H3,(H,23,24,25). The van der Waals surface area contributed by atoms with E-state index in [1.807, 2.05) is 26.8 Å². The average Bonchev–Trinajstić information content (AvgIpc) is 3.17. The number of nitrogens with zero attached hydrogens (tertiary/aromatic N) is 1. The van der Waals surface area contributed by atoms with Crippen molar-refractivity contribution in [1.29, 1.82) is 0 Å². The summed E-state index contributed by atoms with van der Waals surface area (Å²) in [5.41, 5.74) is 1.03. The lowest BCUT2D eigenvalue weighted by atomic mass is 10.1. The van der Waals surface area contributed by atoms with E-state index in [2.05, 4.69) is 10.3 Å². The second-order valence-corrected chi connectivity index (χ2v) is 7.28. The minimum atomic E-state index is -0.338. The molecule has 0 fully saturated rings. The SMILES string of the molecule is CCOc1cc(C(=O)Nc2nc3c(OC)cc(OC)cc3s2)cc(OCC)c1OCC. The highest BCUT2D eigenvalue weighted by molar-refractivity contribution is 7.22. The van der Waals surface area contributed by atoms with E-state index in [9.17, 15) is 4.79 Å². The van der Waals surface area contributed by atoms with Crippen molar-refractivity contribution in [3.8, 4) is 28.7 Å². The number of methoxy groups -OCH3 is 2. The van der Waals surface area contributed by atoms with Crippen LogP contribution in [0.4, 0.5) is 5.13 Å². The highest BCUT2D eigenvalue weighted by Crippen LogP contribution is 2.40. The molecule has 1 amide bonds. The molecule has 0 spiro atoms. The third-order valence-electron chi connectivity index (χ3n) is 4.28. The topological polar surface area (TPSA) is 88.1 Å². The maximum atomic E-state index is 13.0. The molecule has 0 atom stereocenters. The third kappa shape index (κ3) is 4.93. The Kier molecular flexibility index (Phi) is 7.41. The Morgan fingerprint density at radius 2 is 1.55 bits per heavy atom. The van der Waals surface area contributed by atoms with Gasteiger partial charge in [-0.2, -0.15) is 0 Å². The van der Waals surface area contributed by atoms with Crippen LogP contribution in [-0.2, 0) is 0 Å². The first-order valence-electron chi connectivity index (χ1n) is 9.94. The Labute approximate surface area is 185 Å². The number of carbonyl (C=O) groups is 1. The molecular weight excluding hydrogens is 420 g/mol. The summed E-state index contributed by atoms with van der Waals surface area (Å²) in [6.07, 6.45) is 0. The van der Waals surface area contributed by atoms with E-state index in [0.717, 1.165) is 4.70 Å². The fourth-order valence-corrected chi connectivity index (χ4v) is 3.90. The van der Waals surface area contributed by atoms with Crippen LogP contribution in [0, 0.1) is 0 Å². The van der Waals surface area contributed by atoms with Crippen molar-refractivity contribution in [2.45, 2.75) is 20.8 Å². The molecule has 0 aliphatic heterocycles. The number of aromatic nitrogens is 1. The van der Waals surface area contributed by atoms with E-state index in [-0.39, 0.29) is 5.91 Å². The van der Waals surface area contributed by atoms with Crippen molar-refractivity contribution < 1.29 is 28.5 Å². The van der Waals surface area contributed by atoms with Gasteiger partial charge in [-0.1, -0.05) is 11.3 Å². The van der Waals surface area contributed by atoms with Crippen LogP contribution in [0.5, 0.6) is 28.7 Å². The number of hydrogen-bond acceptors (Lipinski definition) is 8. The maximum Gasteiger partial charge on any atom is 0.257 e. The van der Waals surface area contributed by atoms with Gasteiger partial charge >= 0.3 is 0 Å². The molecule has 9 heteroatoms. The van der Waals surface area contributed by atoms with Gasteiger partial charge in [0.25, 0.3) is 5.91 Å². The molecule has 8 nitrogen and oxygen atoms in total. The lowest BCUT2D eigenvalue weighted by Gasteiger charge is -2.16. The van der Waals surface area contributed by atoms with Crippen LogP contribution in [0.2, 0.25) is 0 Å². The smallest absolute Gasteiger partial charge is 0.257 e. The van der Waals surface area contributed by atoms with Gasteiger partial charge in [0, 0.05) is 11.6 Å². The molecule has 0 radical (unpaired) electrons. The fourth-order valence-electron chi connectivity index (χ4n) is 2.99. The zero-order valence-corrected chi connectivity index (χ0v) is 19.1. The number of ether oxygens (including phenoxy) is 5. The Hall–Kier alpha value is -3.20. The van der Waals surface area contributed by atoms with Crippen LogP contribution >= 0.6 is 11.3 Å². The van der Waals surface area contributed by atoms with Gasteiger partial charge in [0.1, 0.15) is 17.0 Å². The summed E-state index contributed by atoms with van der Waals surface area (Å²) in [6, 6.07) is 6.89. The molecule has 0 saturated heterocycles. The first-order chi connectivity index (χ1) is 15.0. The summed E-state index contributed by atoms with van der Waals surface area (Å²) in [5, 5.41) is 3.29. The van der Waals surface area contributed by atoms with E-state index in [1.165, 1.54) is 11.3 Å². The Balaban J connectivity index is 1.95. The molecular formula is C22H26N2O6S. The predicted octanol–water partition coefficient (Wildman–Crippen LogP) is 4.76. The van der Waals surface area contributed by atoms with Crippen LogP contribution < -0.4 is 29.0 Å². The lowest BCUT2D eigenvalue weighted by Crippen LogP contribution is -2.13. The predicted molar refractivity (Wildman–Crippen MR) is 121 cm³/mol. The van der Waals surface area contributed by atoms with Crippen molar-refractivity contribution >= 4 is 32.6 Å².